The summed E-state index contributed by atoms with van der Waals surface area (Å²) >= 11 is 0. The van der Waals surface area contributed by atoms with Crippen molar-refractivity contribution in [1.29, 1.82) is 0 Å². The maximum absolute atomic E-state index is 8.79. The average molecular weight is 181 g/mol. The second-order valence-corrected chi connectivity index (χ2v) is 2.96. The van der Waals surface area contributed by atoms with Crippen molar-refractivity contribution < 1.29 is 9.84 Å². The molecule has 72 valence electrons. The normalized spacial score (nSPS) is 12.5. The number of ether oxygens (including phenoxy) is 1. The molecule has 0 amide bonds. The van der Waals surface area contributed by atoms with Gasteiger partial charge in [-0.25, -0.2) is 0 Å². The van der Waals surface area contributed by atoms with Crippen molar-refractivity contribution in [1.82, 2.24) is 0 Å². The number of para-hydroxylation sites is 1. The first-order valence-electron chi connectivity index (χ1n) is 4.26. The van der Waals surface area contributed by atoms with Crippen molar-refractivity contribution in [3.8, 4) is 5.75 Å². The van der Waals surface area contributed by atoms with Gasteiger partial charge in [0, 0.05) is 6.04 Å². The van der Waals surface area contributed by atoms with Crippen LogP contribution in [0.3, 0.4) is 0 Å². The number of nitrogens with two attached hydrogens (primary N) is 1. The molecule has 1 aromatic carbocycles. The van der Waals surface area contributed by atoms with Gasteiger partial charge in [-0.05, 0) is 18.1 Å². The fraction of sp³-hybridized carbons (Fsp3) is 0.400. The highest BCUT2D eigenvalue weighted by Gasteiger charge is 2.06. The van der Waals surface area contributed by atoms with E-state index in [9.17, 15) is 0 Å². The van der Waals surface area contributed by atoms with Gasteiger partial charge >= 0.3 is 0 Å². The molecule has 0 bridgehead atoms. The Bertz CT molecular complexity index is 263. The van der Waals surface area contributed by atoms with Crippen molar-refractivity contribution in [3.63, 3.8) is 0 Å². The lowest BCUT2D eigenvalue weighted by Gasteiger charge is -2.11. The number of hydrogen-bond acceptors (Lipinski definition) is 3. The van der Waals surface area contributed by atoms with E-state index in [1.807, 2.05) is 24.3 Å². The molecule has 0 saturated heterocycles. The molecule has 0 aliphatic rings. The minimum absolute atomic E-state index is 0.00194. The molecular weight excluding hydrogens is 166 g/mol. The number of aliphatic hydroxyl groups is 1. The minimum atomic E-state index is -0.212. The summed E-state index contributed by atoms with van der Waals surface area (Å²) < 4.78 is 5.15. The fourth-order valence-electron chi connectivity index (χ4n) is 1.22. The second-order valence-electron chi connectivity index (χ2n) is 2.96. The monoisotopic (exact) mass is 181 g/mol. The van der Waals surface area contributed by atoms with Gasteiger partial charge in [-0.15, -0.1) is 0 Å². The highest BCUT2D eigenvalue weighted by Crippen LogP contribution is 2.18. The van der Waals surface area contributed by atoms with E-state index < -0.39 is 0 Å². The van der Waals surface area contributed by atoms with Gasteiger partial charge in [0.2, 0.25) is 0 Å². The van der Waals surface area contributed by atoms with Crippen LogP contribution < -0.4 is 10.5 Å². The van der Waals surface area contributed by atoms with Crippen LogP contribution in [0.5, 0.6) is 5.75 Å². The average Bonchev–Trinajstić information content (AvgIpc) is 2.18. The third-order valence-corrected chi connectivity index (χ3v) is 1.91. The number of methoxy groups -OCH3 is 1. The minimum Gasteiger partial charge on any atom is -0.496 e. The summed E-state index contributed by atoms with van der Waals surface area (Å²) in [5, 5.41) is 8.79. The van der Waals surface area contributed by atoms with Gasteiger partial charge < -0.3 is 15.6 Å². The molecule has 1 rings (SSSR count). The smallest absolute Gasteiger partial charge is 0.122 e. The van der Waals surface area contributed by atoms with Crippen LogP contribution >= 0.6 is 0 Å². The lowest BCUT2D eigenvalue weighted by molar-refractivity contribution is 0.264. The molecule has 0 aliphatic heterocycles. The summed E-state index contributed by atoms with van der Waals surface area (Å²) in [5.74, 6) is 0.825. The van der Waals surface area contributed by atoms with Gasteiger partial charge in [-0.1, -0.05) is 18.2 Å². The molecule has 0 radical (unpaired) electrons. The highest BCUT2D eigenvalue weighted by molar-refractivity contribution is 5.33. The van der Waals surface area contributed by atoms with Crippen LogP contribution in [0, 0.1) is 0 Å². The zero-order valence-electron chi connectivity index (χ0n) is 7.73. The Morgan fingerprint density at radius 3 is 2.77 bits per heavy atom. The summed E-state index contributed by atoms with van der Waals surface area (Å²) in [7, 11) is 1.63. The largest absolute Gasteiger partial charge is 0.496 e. The molecule has 0 unspecified atom stereocenters. The third-order valence-electron chi connectivity index (χ3n) is 1.91. The van der Waals surface area contributed by atoms with Crippen molar-refractivity contribution in [2.24, 2.45) is 5.73 Å². The molecule has 3 N–H and O–H groups in total. The summed E-state index contributed by atoms with van der Waals surface area (Å²) in [5.41, 5.74) is 6.66. The van der Waals surface area contributed by atoms with Gasteiger partial charge in [0.15, 0.2) is 0 Å². The SMILES string of the molecule is COc1ccccc1C[C@H](N)CO. The van der Waals surface area contributed by atoms with E-state index in [0.29, 0.717) is 6.42 Å². The molecule has 3 nitrogen and oxygen atoms in total. The zero-order valence-corrected chi connectivity index (χ0v) is 7.73. The first-order valence-corrected chi connectivity index (χ1v) is 4.26. The fourth-order valence-corrected chi connectivity index (χ4v) is 1.22. The van der Waals surface area contributed by atoms with Gasteiger partial charge in [0.25, 0.3) is 0 Å². The summed E-state index contributed by atoms with van der Waals surface area (Å²) in [6, 6.07) is 7.47. The van der Waals surface area contributed by atoms with Crippen LogP contribution in [0.4, 0.5) is 0 Å². The molecule has 0 spiro atoms. The molecular formula is C10H15NO2. The summed E-state index contributed by atoms with van der Waals surface area (Å²) in [6.45, 7) is -0.00194. The molecule has 0 fully saturated rings. The summed E-state index contributed by atoms with van der Waals surface area (Å²) in [4.78, 5) is 0. The molecule has 13 heavy (non-hydrogen) atoms. The molecule has 0 aromatic heterocycles. The quantitative estimate of drug-likeness (QED) is 0.713. The Balaban J connectivity index is 2.74. The molecule has 0 aliphatic carbocycles. The topological polar surface area (TPSA) is 55.5 Å². The molecule has 1 atom stereocenters. The Morgan fingerprint density at radius 1 is 1.46 bits per heavy atom. The predicted molar refractivity (Wildman–Crippen MR) is 51.8 cm³/mol. The first kappa shape index (κ1) is 10.0. The van der Waals surface area contributed by atoms with Gasteiger partial charge in [-0.2, -0.15) is 0 Å². The van der Waals surface area contributed by atoms with Gasteiger partial charge in [-0.3, -0.25) is 0 Å². The molecule has 0 saturated carbocycles. The van der Waals surface area contributed by atoms with Crippen LogP contribution in [0.25, 0.3) is 0 Å². The second kappa shape index (κ2) is 4.84. The van der Waals surface area contributed by atoms with Crippen LogP contribution in [0.1, 0.15) is 5.56 Å². The number of benzene rings is 1. The standard InChI is InChI=1S/C10H15NO2/c1-13-10-5-3-2-4-8(10)6-9(11)7-12/h2-5,9,12H,6-7,11H2,1H3/t9-/m0/s1. The Kier molecular flexibility index (Phi) is 3.73. The van der Waals surface area contributed by atoms with E-state index in [1.54, 1.807) is 7.11 Å². The van der Waals surface area contributed by atoms with Gasteiger partial charge in [0.05, 0.1) is 13.7 Å². The number of rotatable bonds is 4. The van der Waals surface area contributed by atoms with E-state index >= 15 is 0 Å². The Hall–Kier alpha value is -1.06. The van der Waals surface area contributed by atoms with Crippen LogP contribution in [-0.4, -0.2) is 24.9 Å². The van der Waals surface area contributed by atoms with Crippen molar-refractivity contribution in [2.75, 3.05) is 13.7 Å². The van der Waals surface area contributed by atoms with E-state index in [2.05, 4.69) is 0 Å². The molecule has 3 heteroatoms. The molecule has 0 heterocycles. The van der Waals surface area contributed by atoms with Crippen molar-refractivity contribution >= 4 is 0 Å². The number of aliphatic hydroxyl groups excluding tert-OH is 1. The van der Waals surface area contributed by atoms with Crippen molar-refractivity contribution in [3.05, 3.63) is 29.8 Å². The van der Waals surface area contributed by atoms with E-state index in [0.717, 1.165) is 11.3 Å². The molecule has 1 aromatic rings. The first-order chi connectivity index (χ1) is 6.27. The third kappa shape index (κ3) is 2.72. The lowest BCUT2D eigenvalue weighted by Crippen LogP contribution is -2.26. The predicted octanol–water partition coefficient (Wildman–Crippen LogP) is 0.557. The van der Waals surface area contributed by atoms with Crippen LogP contribution in [0.15, 0.2) is 24.3 Å². The van der Waals surface area contributed by atoms with E-state index in [1.165, 1.54) is 0 Å². The summed E-state index contributed by atoms with van der Waals surface area (Å²) in [6.07, 6.45) is 0.639. The van der Waals surface area contributed by atoms with Crippen LogP contribution in [-0.2, 0) is 6.42 Å². The Labute approximate surface area is 78.1 Å². The van der Waals surface area contributed by atoms with Gasteiger partial charge in [0.1, 0.15) is 5.75 Å². The lowest BCUT2D eigenvalue weighted by atomic mass is 10.1. The maximum Gasteiger partial charge on any atom is 0.122 e. The van der Waals surface area contributed by atoms with Crippen molar-refractivity contribution in [2.45, 2.75) is 12.5 Å². The van der Waals surface area contributed by atoms with E-state index in [-0.39, 0.29) is 12.6 Å². The maximum atomic E-state index is 8.79. The Morgan fingerprint density at radius 2 is 2.15 bits per heavy atom. The zero-order chi connectivity index (χ0) is 9.68. The van der Waals surface area contributed by atoms with Crippen LogP contribution in [0.2, 0.25) is 0 Å². The van der Waals surface area contributed by atoms with E-state index in [4.69, 9.17) is 15.6 Å². The number of hydrogen-bond donors (Lipinski definition) is 2. The highest BCUT2D eigenvalue weighted by atomic mass is 16.5.